The van der Waals surface area contributed by atoms with Crippen molar-refractivity contribution in [2.75, 3.05) is 6.54 Å². The second-order valence-electron chi connectivity index (χ2n) is 8.88. The molecule has 0 bridgehead atoms. The highest BCUT2D eigenvalue weighted by atomic mass is 19.1. The van der Waals surface area contributed by atoms with E-state index in [0.717, 1.165) is 18.2 Å². The van der Waals surface area contributed by atoms with E-state index in [9.17, 15) is 18.7 Å². The normalized spacial score (nSPS) is 13.7. The smallest absolute Gasteiger partial charge is 0.217 e. The summed E-state index contributed by atoms with van der Waals surface area (Å²) in [4.78, 5) is 15.9. The molecule has 2 rings (SSSR count). The van der Waals surface area contributed by atoms with E-state index < -0.39 is 23.8 Å². The van der Waals surface area contributed by atoms with Crippen molar-refractivity contribution >= 4 is 5.91 Å². The van der Waals surface area contributed by atoms with Gasteiger partial charge in [0.15, 0.2) is 0 Å². The van der Waals surface area contributed by atoms with Crippen LogP contribution in [-0.4, -0.2) is 34.7 Å². The summed E-state index contributed by atoms with van der Waals surface area (Å²) in [6, 6.07) is 6.53. The molecule has 2 atom stereocenters. The Kier molecular flexibility index (Phi) is 8.43. The lowest BCUT2D eigenvalue weighted by Gasteiger charge is -2.24. The van der Waals surface area contributed by atoms with E-state index in [1.165, 1.54) is 24.6 Å². The van der Waals surface area contributed by atoms with Crippen LogP contribution in [0.5, 0.6) is 0 Å². The van der Waals surface area contributed by atoms with E-state index in [1.54, 1.807) is 6.20 Å². The largest absolute Gasteiger partial charge is 0.390 e. The quantitative estimate of drug-likeness (QED) is 0.584. The van der Waals surface area contributed by atoms with Crippen molar-refractivity contribution in [3.8, 4) is 0 Å². The van der Waals surface area contributed by atoms with Gasteiger partial charge >= 0.3 is 0 Å². The first-order valence-corrected chi connectivity index (χ1v) is 10.1. The van der Waals surface area contributed by atoms with Crippen LogP contribution >= 0.6 is 0 Å². The van der Waals surface area contributed by atoms with Gasteiger partial charge in [-0.3, -0.25) is 9.78 Å². The summed E-state index contributed by atoms with van der Waals surface area (Å²) in [5.41, 5.74) is 2.58. The number of nitrogens with one attached hydrogen (secondary N) is 2. The van der Waals surface area contributed by atoms with Crippen LogP contribution in [0.1, 0.15) is 44.5 Å². The van der Waals surface area contributed by atoms with Gasteiger partial charge in [-0.15, -0.1) is 0 Å². The van der Waals surface area contributed by atoms with Crippen LogP contribution in [0, 0.1) is 17.0 Å². The second-order valence-corrected chi connectivity index (χ2v) is 8.88. The number of nitrogens with zero attached hydrogens (tertiary/aromatic N) is 1. The molecule has 5 nitrogen and oxygen atoms in total. The van der Waals surface area contributed by atoms with Gasteiger partial charge < -0.3 is 15.7 Å². The lowest BCUT2D eigenvalue weighted by atomic mass is 9.88. The molecule has 164 valence electrons. The van der Waals surface area contributed by atoms with E-state index in [-0.39, 0.29) is 24.3 Å². The number of carbonyl (C=O) groups excluding carboxylic acids is 1. The minimum absolute atomic E-state index is 0.108. The summed E-state index contributed by atoms with van der Waals surface area (Å²) in [6.07, 6.45) is 1.86. The van der Waals surface area contributed by atoms with Crippen molar-refractivity contribution in [2.24, 2.45) is 5.41 Å². The Morgan fingerprint density at radius 2 is 1.80 bits per heavy atom. The number of hydrogen-bond donors (Lipinski definition) is 3. The molecule has 0 fully saturated rings. The first-order chi connectivity index (χ1) is 14.0. The van der Waals surface area contributed by atoms with Crippen molar-refractivity contribution in [3.63, 3.8) is 0 Å². The standard InChI is InChI=1S/C23H31F2N3O2/c1-15(29)28-21(10-17-7-18(24)11-19(25)8-17)22(30)14-26-13-20-9-16(5-6-27-20)12-23(2,3)4/h5-9,11,21-22,26,30H,10,12-14H2,1-4H3,(H,28,29)/t21-,22+/m0/s1. The SMILES string of the molecule is CC(=O)N[C@@H](Cc1cc(F)cc(F)c1)[C@H](O)CNCc1cc(CC(C)(C)C)ccn1. The fraction of sp³-hybridized carbons (Fsp3) is 0.478. The zero-order valence-corrected chi connectivity index (χ0v) is 18.0. The van der Waals surface area contributed by atoms with Crippen LogP contribution in [0.25, 0.3) is 0 Å². The summed E-state index contributed by atoms with van der Waals surface area (Å²) < 4.78 is 26.9. The highest BCUT2D eigenvalue weighted by Crippen LogP contribution is 2.20. The Balaban J connectivity index is 1.96. The van der Waals surface area contributed by atoms with Crippen LogP contribution in [0.3, 0.4) is 0 Å². The van der Waals surface area contributed by atoms with E-state index in [0.29, 0.717) is 12.1 Å². The number of aromatic nitrogens is 1. The van der Waals surface area contributed by atoms with E-state index in [4.69, 9.17) is 0 Å². The van der Waals surface area contributed by atoms with Gasteiger partial charge in [0.25, 0.3) is 0 Å². The van der Waals surface area contributed by atoms with Crippen molar-refractivity contribution in [1.29, 1.82) is 0 Å². The van der Waals surface area contributed by atoms with E-state index in [1.807, 2.05) is 12.1 Å². The molecule has 1 aromatic heterocycles. The molecule has 0 saturated carbocycles. The molecule has 1 amide bonds. The molecule has 7 heteroatoms. The first-order valence-electron chi connectivity index (χ1n) is 10.1. The summed E-state index contributed by atoms with van der Waals surface area (Å²) in [6.45, 7) is 8.51. The number of hydrogen-bond acceptors (Lipinski definition) is 4. The summed E-state index contributed by atoms with van der Waals surface area (Å²) in [5.74, 6) is -1.71. The average molecular weight is 420 g/mol. The molecule has 0 aliphatic rings. The van der Waals surface area contributed by atoms with Crippen LogP contribution in [0.2, 0.25) is 0 Å². The number of amides is 1. The number of halogens is 2. The van der Waals surface area contributed by atoms with Crippen molar-refractivity contribution in [3.05, 3.63) is 65.0 Å². The molecule has 30 heavy (non-hydrogen) atoms. The summed E-state index contributed by atoms with van der Waals surface area (Å²) >= 11 is 0. The first kappa shape index (κ1) is 23.9. The maximum Gasteiger partial charge on any atom is 0.217 e. The molecule has 0 spiro atoms. The average Bonchev–Trinajstić information content (AvgIpc) is 2.58. The second kappa shape index (κ2) is 10.6. The topological polar surface area (TPSA) is 74.2 Å². The lowest BCUT2D eigenvalue weighted by molar-refractivity contribution is -0.120. The molecule has 0 unspecified atom stereocenters. The van der Waals surface area contributed by atoms with Gasteiger partial charge in [0.05, 0.1) is 17.8 Å². The van der Waals surface area contributed by atoms with Gasteiger partial charge in [0, 0.05) is 32.3 Å². The molecular weight excluding hydrogens is 388 g/mol. The Labute approximate surface area is 176 Å². The number of rotatable bonds is 9. The molecule has 0 aliphatic heterocycles. The Morgan fingerprint density at radius 1 is 1.13 bits per heavy atom. The zero-order valence-electron chi connectivity index (χ0n) is 18.0. The maximum atomic E-state index is 13.5. The number of carbonyl (C=O) groups is 1. The molecule has 1 heterocycles. The van der Waals surface area contributed by atoms with Crippen LogP contribution in [0.15, 0.2) is 36.5 Å². The van der Waals surface area contributed by atoms with Crippen molar-refractivity contribution in [1.82, 2.24) is 15.6 Å². The van der Waals surface area contributed by atoms with Crippen LogP contribution in [0.4, 0.5) is 8.78 Å². The highest BCUT2D eigenvalue weighted by Gasteiger charge is 2.21. The van der Waals surface area contributed by atoms with Gasteiger partial charge in [-0.05, 0) is 53.6 Å². The molecule has 1 aromatic carbocycles. The minimum Gasteiger partial charge on any atom is -0.390 e. The molecule has 0 radical (unpaired) electrons. The highest BCUT2D eigenvalue weighted by molar-refractivity contribution is 5.73. The summed E-state index contributed by atoms with van der Waals surface area (Å²) in [5, 5.41) is 16.4. The van der Waals surface area contributed by atoms with Crippen molar-refractivity contribution in [2.45, 2.75) is 59.2 Å². The van der Waals surface area contributed by atoms with Crippen LogP contribution < -0.4 is 10.6 Å². The third kappa shape index (κ3) is 8.55. The molecule has 0 saturated heterocycles. The zero-order chi connectivity index (χ0) is 22.3. The third-order valence-corrected chi connectivity index (χ3v) is 4.51. The maximum absolute atomic E-state index is 13.5. The van der Waals surface area contributed by atoms with Gasteiger partial charge in [-0.25, -0.2) is 8.78 Å². The number of aliphatic hydroxyl groups is 1. The van der Waals surface area contributed by atoms with E-state index >= 15 is 0 Å². The third-order valence-electron chi connectivity index (χ3n) is 4.51. The Hall–Kier alpha value is -2.38. The minimum atomic E-state index is -0.946. The Bertz CT molecular complexity index is 832. The Morgan fingerprint density at radius 3 is 2.40 bits per heavy atom. The number of benzene rings is 1. The predicted octanol–water partition coefficient (Wildman–Crippen LogP) is 3.15. The lowest BCUT2D eigenvalue weighted by Crippen LogP contribution is -2.48. The molecule has 3 N–H and O–H groups in total. The van der Waals surface area contributed by atoms with Crippen LogP contribution in [-0.2, 0) is 24.2 Å². The number of aliphatic hydroxyl groups excluding tert-OH is 1. The van der Waals surface area contributed by atoms with E-state index in [2.05, 4.69) is 36.4 Å². The van der Waals surface area contributed by atoms with Gasteiger partial charge in [0.2, 0.25) is 5.91 Å². The molecule has 2 aromatic rings. The predicted molar refractivity (Wildman–Crippen MR) is 113 cm³/mol. The molecular formula is C23H31F2N3O2. The summed E-state index contributed by atoms with van der Waals surface area (Å²) in [7, 11) is 0. The van der Waals surface area contributed by atoms with Crippen molar-refractivity contribution < 1.29 is 18.7 Å². The fourth-order valence-electron chi connectivity index (χ4n) is 3.36. The van der Waals surface area contributed by atoms with Gasteiger partial charge in [-0.2, -0.15) is 0 Å². The monoisotopic (exact) mass is 419 g/mol. The fourth-order valence-corrected chi connectivity index (χ4v) is 3.36. The molecule has 0 aliphatic carbocycles. The number of pyridine rings is 1. The van der Waals surface area contributed by atoms with Gasteiger partial charge in [-0.1, -0.05) is 20.8 Å². The van der Waals surface area contributed by atoms with Gasteiger partial charge in [0.1, 0.15) is 11.6 Å².